The Bertz CT molecular complexity index is 1600. The normalized spacial score (nSPS) is 15.9. The number of carbonyl (C=O) groups is 1. The third-order valence-corrected chi connectivity index (χ3v) is 7.79. The number of hydrogen-bond acceptors (Lipinski definition) is 5. The lowest BCUT2D eigenvalue weighted by molar-refractivity contribution is -0.138. The van der Waals surface area contributed by atoms with Gasteiger partial charge in [0.2, 0.25) is 0 Å². The van der Waals surface area contributed by atoms with E-state index in [0.717, 1.165) is 28.0 Å². The van der Waals surface area contributed by atoms with Gasteiger partial charge in [0.15, 0.2) is 0 Å². The van der Waals surface area contributed by atoms with E-state index in [4.69, 9.17) is 9.84 Å². The Morgan fingerprint density at radius 2 is 1.92 bits per heavy atom. The number of anilines is 1. The quantitative estimate of drug-likeness (QED) is 0.382. The van der Waals surface area contributed by atoms with Crippen LogP contribution in [0, 0.1) is 0 Å². The Labute approximate surface area is 209 Å². The second kappa shape index (κ2) is 9.11. The van der Waals surface area contributed by atoms with Crippen molar-refractivity contribution in [1.29, 1.82) is 0 Å². The summed E-state index contributed by atoms with van der Waals surface area (Å²) in [4.78, 5) is 15.0. The van der Waals surface area contributed by atoms with Gasteiger partial charge in [-0.05, 0) is 55.0 Å². The number of halogens is 3. The molecule has 0 spiro atoms. The van der Waals surface area contributed by atoms with E-state index in [1.807, 2.05) is 22.6 Å². The molecule has 1 aliphatic heterocycles. The Kier molecular flexibility index (Phi) is 6.06. The molecule has 1 unspecified atom stereocenters. The summed E-state index contributed by atoms with van der Waals surface area (Å²) in [6.07, 6.45) is -2.35. The first-order valence-electron chi connectivity index (χ1n) is 11.2. The third kappa shape index (κ3) is 4.71. The zero-order valence-corrected chi connectivity index (χ0v) is 19.9. The molecule has 2 aromatic heterocycles. The van der Waals surface area contributed by atoms with Crippen LogP contribution in [0.15, 0.2) is 78.0 Å². The van der Waals surface area contributed by atoms with Crippen LogP contribution >= 0.6 is 0 Å². The van der Waals surface area contributed by atoms with Gasteiger partial charge in [-0.1, -0.05) is 12.1 Å². The van der Waals surface area contributed by atoms with Crippen molar-refractivity contribution in [3.05, 3.63) is 78.6 Å². The molecule has 3 heterocycles. The number of alkyl halides is 3. The standard InChI is InChI=1S/C25H20F3N3O5S/c26-25(27,28)17-4-3-6-20(13-17)37(34,35)31-15-19(8-10-23(32)33)36-22-9-7-16(12-21(22)31)24-29-14-18-5-1-2-11-30(18)24/h1-7,9,11-14,19H,8,10,15H2,(H,32,33). The Hall–Kier alpha value is -4.06. The molecular weight excluding hydrogens is 511 g/mol. The van der Waals surface area contributed by atoms with Gasteiger partial charge >= 0.3 is 12.1 Å². The lowest BCUT2D eigenvalue weighted by Crippen LogP contribution is -2.43. The van der Waals surface area contributed by atoms with Gasteiger partial charge in [0.1, 0.15) is 17.7 Å². The number of carboxylic acids is 1. The smallest absolute Gasteiger partial charge is 0.416 e. The summed E-state index contributed by atoms with van der Waals surface area (Å²) in [6, 6.07) is 13.8. The maximum absolute atomic E-state index is 13.7. The van der Waals surface area contributed by atoms with Crippen molar-refractivity contribution >= 4 is 27.2 Å². The topological polar surface area (TPSA) is 101 Å². The van der Waals surface area contributed by atoms with E-state index in [0.29, 0.717) is 17.5 Å². The summed E-state index contributed by atoms with van der Waals surface area (Å²) in [5.74, 6) is -0.382. The number of aromatic nitrogens is 2. The second-order valence-electron chi connectivity index (χ2n) is 8.49. The van der Waals surface area contributed by atoms with E-state index < -0.39 is 38.7 Å². The molecular formula is C25H20F3N3O5S. The first-order chi connectivity index (χ1) is 17.5. The lowest BCUT2D eigenvalue weighted by atomic mass is 10.1. The molecule has 0 amide bonds. The Morgan fingerprint density at radius 1 is 1.11 bits per heavy atom. The molecule has 37 heavy (non-hydrogen) atoms. The number of carboxylic acid groups (broad SMARTS) is 1. The second-order valence-corrected chi connectivity index (χ2v) is 10.4. The van der Waals surface area contributed by atoms with Crippen LogP contribution in [0.4, 0.5) is 18.9 Å². The Morgan fingerprint density at radius 3 is 2.68 bits per heavy atom. The van der Waals surface area contributed by atoms with Gasteiger partial charge in [-0.15, -0.1) is 0 Å². The number of nitrogens with zero attached hydrogens (tertiary/aromatic N) is 3. The van der Waals surface area contributed by atoms with Gasteiger partial charge in [0.05, 0.1) is 34.4 Å². The third-order valence-electron chi connectivity index (χ3n) is 6.02. The van der Waals surface area contributed by atoms with E-state index in [2.05, 4.69) is 4.98 Å². The van der Waals surface area contributed by atoms with Gasteiger partial charge in [-0.25, -0.2) is 13.4 Å². The first-order valence-corrected chi connectivity index (χ1v) is 12.6. The molecule has 0 bridgehead atoms. The number of sulfonamides is 1. The van der Waals surface area contributed by atoms with Crippen LogP contribution in [0.2, 0.25) is 0 Å². The number of pyridine rings is 1. The number of rotatable bonds is 6. The number of imidazole rings is 1. The zero-order chi connectivity index (χ0) is 26.4. The molecule has 0 saturated carbocycles. The molecule has 8 nitrogen and oxygen atoms in total. The molecule has 0 radical (unpaired) electrons. The predicted octanol–water partition coefficient (Wildman–Crippen LogP) is 4.84. The van der Waals surface area contributed by atoms with Crippen molar-refractivity contribution in [3.63, 3.8) is 0 Å². The summed E-state index contributed by atoms with van der Waals surface area (Å²) >= 11 is 0. The number of benzene rings is 2. The van der Waals surface area contributed by atoms with Crippen molar-refractivity contribution < 1.29 is 36.2 Å². The van der Waals surface area contributed by atoms with E-state index >= 15 is 0 Å². The maximum atomic E-state index is 13.7. The lowest BCUT2D eigenvalue weighted by Gasteiger charge is -2.35. The van der Waals surface area contributed by atoms with E-state index in [-0.39, 0.29) is 30.8 Å². The fourth-order valence-corrected chi connectivity index (χ4v) is 5.78. The molecule has 0 fully saturated rings. The monoisotopic (exact) mass is 531 g/mol. The Balaban J connectivity index is 1.62. The fraction of sp³-hybridized carbons (Fsp3) is 0.200. The number of aliphatic carboxylic acids is 1. The highest BCUT2D eigenvalue weighted by Gasteiger charge is 2.37. The number of fused-ring (bicyclic) bond motifs is 2. The van der Waals surface area contributed by atoms with Gasteiger partial charge in [-0.3, -0.25) is 13.5 Å². The summed E-state index contributed by atoms with van der Waals surface area (Å²) in [6.45, 7) is -0.273. The van der Waals surface area contributed by atoms with Crippen molar-refractivity contribution in [2.45, 2.75) is 30.0 Å². The van der Waals surface area contributed by atoms with Gasteiger partial charge in [0, 0.05) is 18.2 Å². The molecule has 1 atom stereocenters. The zero-order valence-electron chi connectivity index (χ0n) is 19.1. The molecule has 4 aromatic rings. The number of hydrogen-bond donors (Lipinski definition) is 1. The van der Waals surface area contributed by atoms with E-state index in [9.17, 15) is 26.4 Å². The van der Waals surface area contributed by atoms with Crippen LogP contribution in [-0.2, 0) is 21.0 Å². The van der Waals surface area contributed by atoms with Crippen LogP contribution in [0.5, 0.6) is 5.75 Å². The van der Waals surface area contributed by atoms with Gasteiger partial charge in [-0.2, -0.15) is 13.2 Å². The molecule has 12 heteroatoms. The molecule has 1 N–H and O–H groups in total. The highest BCUT2D eigenvalue weighted by atomic mass is 32.2. The molecule has 192 valence electrons. The van der Waals surface area contributed by atoms with Gasteiger partial charge < -0.3 is 9.84 Å². The van der Waals surface area contributed by atoms with Crippen molar-refractivity contribution in [3.8, 4) is 17.1 Å². The van der Waals surface area contributed by atoms with Crippen LogP contribution in [-0.4, -0.2) is 41.5 Å². The van der Waals surface area contributed by atoms with Crippen LogP contribution in [0.3, 0.4) is 0 Å². The molecule has 5 rings (SSSR count). The molecule has 0 saturated heterocycles. The summed E-state index contributed by atoms with van der Waals surface area (Å²) in [5, 5.41) is 9.08. The largest absolute Gasteiger partial charge is 0.486 e. The summed E-state index contributed by atoms with van der Waals surface area (Å²) < 4.78 is 76.0. The minimum atomic E-state index is -4.73. The fourth-order valence-electron chi connectivity index (χ4n) is 4.23. The van der Waals surface area contributed by atoms with Crippen molar-refractivity contribution in [1.82, 2.24) is 9.38 Å². The van der Waals surface area contributed by atoms with E-state index in [1.54, 1.807) is 30.6 Å². The van der Waals surface area contributed by atoms with Crippen LogP contribution in [0.25, 0.3) is 16.9 Å². The average molecular weight is 532 g/mol. The minimum Gasteiger partial charge on any atom is -0.486 e. The van der Waals surface area contributed by atoms with Gasteiger partial charge in [0.25, 0.3) is 10.0 Å². The highest BCUT2D eigenvalue weighted by Crippen LogP contribution is 2.41. The van der Waals surface area contributed by atoms with Crippen LogP contribution < -0.4 is 9.04 Å². The SMILES string of the molecule is O=C(O)CCC1CN(S(=O)(=O)c2cccc(C(F)(F)F)c2)c2cc(-c3ncc4ccccn34)ccc2O1. The van der Waals surface area contributed by atoms with Crippen molar-refractivity contribution in [2.75, 3.05) is 10.8 Å². The summed E-state index contributed by atoms with van der Waals surface area (Å²) in [7, 11) is -4.48. The maximum Gasteiger partial charge on any atom is 0.416 e. The number of ether oxygens (including phenoxy) is 1. The highest BCUT2D eigenvalue weighted by molar-refractivity contribution is 7.92. The minimum absolute atomic E-state index is 0.00995. The average Bonchev–Trinajstić information content (AvgIpc) is 3.30. The van der Waals surface area contributed by atoms with Crippen molar-refractivity contribution in [2.24, 2.45) is 0 Å². The molecule has 1 aliphatic rings. The summed E-state index contributed by atoms with van der Waals surface area (Å²) in [5.41, 5.74) is 0.395. The van der Waals surface area contributed by atoms with E-state index in [1.165, 1.54) is 0 Å². The van der Waals surface area contributed by atoms with Crippen LogP contribution in [0.1, 0.15) is 18.4 Å². The predicted molar refractivity (Wildman–Crippen MR) is 128 cm³/mol. The molecule has 2 aromatic carbocycles. The first kappa shape index (κ1) is 24.6. The molecule has 0 aliphatic carbocycles.